The van der Waals surface area contributed by atoms with Gasteiger partial charge in [-0.25, -0.2) is 9.97 Å². The summed E-state index contributed by atoms with van der Waals surface area (Å²) in [5.74, 6) is 2.00. The van der Waals surface area contributed by atoms with Gasteiger partial charge < -0.3 is 9.80 Å². The van der Waals surface area contributed by atoms with Gasteiger partial charge in [-0.1, -0.05) is 6.92 Å². The number of thiophene rings is 1. The standard InChI is InChI=1S/C23H26N4OS/c1-15-3-8-19-20(13-15)29-23-21(19)22(24-14-25-23)27-11-9-26(10-12-27)18-6-4-17(5-7-18)16(2)28/h4-7,14-15H,3,8-13H2,1-2H3. The number of Topliss-reactive ketones (excluding diaryl/α,β-unsaturated/α-hetero) is 1. The fraction of sp³-hybridized carbons (Fsp3) is 0.435. The van der Waals surface area contributed by atoms with Gasteiger partial charge in [-0.3, -0.25) is 4.79 Å². The van der Waals surface area contributed by atoms with Crippen molar-refractivity contribution in [2.75, 3.05) is 36.0 Å². The van der Waals surface area contributed by atoms with Crippen LogP contribution in [0.3, 0.4) is 0 Å². The van der Waals surface area contributed by atoms with Crippen molar-refractivity contribution in [3.05, 3.63) is 46.6 Å². The molecule has 2 aromatic heterocycles. The van der Waals surface area contributed by atoms with Crippen LogP contribution in [0.5, 0.6) is 0 Å². The molecular weight excluding hydrogens is 380 g/mol. The number of hydrogen-bond acceptors (Lipinski definition) is 6. The number of carbonyl (C=O) groups is 1. The van der Waals surface area contributed by atoms with E-state index in [4.69, 9.17) is 4.98 Å². The van der Waals surface area contributed by atoms with Crippen LogP contribution in [-0.2, 0) is 12.8 Å². The SMILES string of the molecule is CC(=O)c1ccc(N2CCN(c3ncnc4sc5c(c34)CCC(C)C5)CC2)cc1. The van der Waals surface area contributed by atoms with Crippen molar-refractivity contribution >= 4 is 38.8 Å². The van der Waals surface area contributed by atoms with Crippen LogP contribution in [0.15, 0.2) is 30.6 Å². The van der Waals surface area contributed by atoms with Crippen molar-refractivity contribution in [2.45, 2.75) is 33.1 Å². The molecule has 0 bridgehead atoms. The molecule has 0 spiro atoms. The maximum Gasteiger partial charge on any atom is 0.159 e. The lowest BCUT2D eigenvalue weighted by atomic mass is 9.89. The van der Waals surface area contributed by atoms with Crippen LogP contribution in [0, 0.1) is 5.92 Å². The molecule has 1 saturated heterocycles. The zero-order chi connectivity index (χ0) is 20.0. The number of ketones is 1. The molecule has 1 unspecified atom stereocenters. The van der Waals surface area contributed by atoms with E-state index >= 15 is 0 Å². The Morgan fingerprint density at radius 1 is 1.07 bits per heavy atom. The fourth-order valence-electron chi connectivity index (χ4n) is 4.58. The number of aryl methyl sites for hydroxylation is 1. The van der Waals surface area contributed by atoms with Gasteiger partial charge in [-0.2, -0.15) is 0 Å². The van der Waals surface area contributed by atoms with Crippen molar-refractivity contribution in [3.63, 3.8) is 0 Å². The first kappa shape index (κ1) is 18.6. The molecule has 150 valence electrons. The van der Waals surface area contributed by atoms with Crippen molar-refractivity contribution in [2.24, 2.45) is 5.92 Å². The van der Waals surface area contributed by atoms with Crippen molar-refractivity contribution < 1.29 is 4.79 Å². The monoisotopic (exact) mass is 406 g/mol. The number of nitrogens with zero attached hydrogens (tertiary/aromatic N) is 4. The number of aromatic nitrogens is 2. The van der Waals surface area contributed by atoms with Crippen molar-refractivity contribution in [1.82, 2.24) is 9.97 Å². The number of piperazine rings is 1. The normalized spacial score (nSPS) is 19.4. The van der Waals surface area contributed by atoms with Gasteiger partial charge >= 0.3 is 0 Å². The Morgan fingerprint density at radius 2 is 1.79 bits per heavy atom. The van der Waals surface area contributed by atoms with Gasteiger partial charge in [0.1, 0.15) is 17.0 Å². The second-order valence-corrected chi connectivity index (χ2v) is 9.39. The Bertz CT molecular complexity index is 1050. The molecule has 0 amide bonds. The van der Waals surface area contributed by atoms with Gasteiger partial charge in [-0.05, 0) is 61.9 Å². The molecule has 1 fully saturated rings. The maximum atomic E-state index is 11.5. The van der Waals surface area contributed by atoms with Crippen LogP contribution in [0.25, 0.3) is 10.2 Å². The van der Waals surface area contributed by atoms with Crippen LogP contribution >= 0.6 is 11.3 Å². The summed E-state index contributed by atoms with van der Waals surface area (Å²) in [6.07, 6.45) is 5.33. The third kappa shape index (κ3) is 3.39. The Morgan fingerprint density at radius 3 is 2.52 bits per heavy atom. The third-order valence-corrected chi connectivity index (χ3v) is 7.45. The lowest BCUT2D eigenvalue weighted by Crippen LogP contribution is -2.47. The van der Waals surface area contributed by atoms with Crippen LogP contribution in [0.1, 0.15) is 41.1 Å². The van der Waals surface area contributed by atoms with E-state index in [9.17, 15) is 4.79 Å². The first-order chi connectivity index (χ1) is 14.1. The second-order valence-electron chi connectivity index (χ2n) is 8.31. The van der Waals surface area contributed by atoms with Gasteiger partial charge in [0, 0.05) is 42.3 Å². The van der Waals surface area contributed by atoms with Crippen LogP contribution < -0.4 is 9.80 Å². The van der Waals surface area contributed by atoms with Crippen LogP contribution in [0.4, 0.5) is 11.5 Å². The van der Waals surface area contributed by atoms with Gasteiger partial charge in [0.15, 0.2) is 5.78 Å². The number of hydrogen-bond donors (Lipinski definition) is 0. The fourth-order valence-corrected chi connectivity index (χ4v) is 5.93. The lowest BCUT2D eigenvalue weighted by molar-refractivity contribution is 0.101. The molecule has 1 atom stereocenters. The van der Waals surface area contributed by atoms with Crippen molar-refractivity contribution in [1.29, 1.82) is 0 Å². The molecule has 6 heteroatoms. The molecule has 3 aromatic rings. The molecule has 0 N–H and O–H groups in total. The highest BCUT2D eigenvalue weighted by Crippen LogP contribution is 2.40. The molecule has 2 aliphatic rings. The first-order valence-corrected chi connectivity index (χ1v) is 11.3. The average Bonchev–Trinajstić information content (AvgIpc) is 3.11. The summed E-state index contributed by atoms with van der Waals surface area (Å²) in [4.78, 5) is 28.3. The Kier molecular flexibility index (Phi) is 4.74. The first-order valence-electron chi connectivity index (χ1n) is 10.5. The van der Waals surface area contributed by atoms with E-state index in [0.29, 0.717) is 0 Å². The predicted molar refractivity (Wildman–Crippen MR) is 119 cm³/mol. The molecule has 5 rings (SSSR count). The summed E-state index contributed by atoms with van der Waals surface area (Å²) < 4.78 is 0. The second kappa shape index (κ2) is 7.41. The average molecular weight is 407 g/mol. The zero-order valence-corrected chi connectivity index (χ0v) is 17.8. The topological polar surface area (TPSA) is 49.3 Å². The Balaban J connectivity index is 1.37. The molecule has 0 radical (unpaired) electrons. The van der Waals surface area contributed by atoms with E-state index in [1.807, 2.05) is 23.5 Å². The number of anilines is 2. The quantitative estimate of drug-likeness (QED) is 0.606. The van der Waals surface area contributed by atoms with Gasteiger partial charge in [0.2, 0.25) is 0 Å². The van der Waals surface area contributed by atoms with E-state index in [1.165, 1.54) is 34.4 Å². The molecule has 29 heavy (non-hydrogen) atoms. The minimum Gasteiger partial charge on any atom is -0.368 e. The summed E-state index contributed by atoms with van der Waals surface area (Å²) in [6, 6.07) is 7.98. The number of carbonyl (C=O) groups excluding carboxylic acids is 1. The molecular formula is C23H26N4OS. The van der Waals surface area contributed by atoms with Crippen molar-refractivity contribution in [3.8, 4) is 0 Å². The summed E-state index contributed by atoms with van der Waals surface area (Å²) in [5.41, 5.74) is 3.46. The molecule has 1 aromatic carbocycles. The third-order valence-electron chi connectivity index (χ3n) is 6.29. The summed E-state index contributed by atoms with van der Waals surface area (Å²) >= 11 is 1.87. The minimum atomic E-state index is 0.114. The lowest BCUT2D eigenvalue weighted by Gasteiger charge is -2.37. The highest BCUT2D eigenvalue weighted by Gasteiger charge is 2.26. The van der Waals surface area contributed by atoms with E-state index in [0.717, 1.165) is 54.7 Å². The molecule has 5 nitrogen and oxygen atoms in total. The van der Waals surface area contributed by atoms with E-state index in [2.05, 4.69) is 33.8 Å². The highest BCUT2D eigenvalue weighted by atomic mass is 32.1. The summed E-state index contributed by atoms with van der Waals surface area (Å²) in [5, 5.41) is 1.30. The van der Waals surface area contributed by atoms with E-state index in [1.54, 1.807) is 13.3 Å². The van der Waals surface area contributed by atoms with Gasteiger partial charge in [-0.15, -0.1) is 11.3 Å². The largest absolute Gasteiger partial charge is 0.368 e. The Labute approximate surface area is 175 Å². The molecule has 1 aliphatic heterocycles. The predicted octanol–water partition coefficient (Wildman–Crippen LogP) is 4.35. The number of rotatable bonds is 3. The van der Waals surface area contributed by atoms with Gasteiger partial charge in [0.25, 0.3) is 0 Å². The zero-order valence-electron chi connectivity index (χ0n) is 17.0. The smallest absolute Gasteiger partial charge is 0.159 e. The molecule has 1 aliphatic carbocycles. The highest BCUT2D eigenvalue weighted by molar-refractivity contribution is 7.19. The van der Waals surface area contributed by atoms with Gasteiger partial charge in [0.05, 0.1) is 5.39 Å². The van der Waals surface area contributed by atoms with Crippen LogP contribution in [-0.4, -0.2) is 41.9 Å². The van der Waals surface area contributed by atoms with E-state index in [-0.39, 0.29) is 5.78 Å². The Hall–Kier alpha value is -2.47. The number of benzene rings is 1. The minimum absolute atomic E-state index is 0.114. The van der Waals surface area contributed by atoms with Crippen LogP contribution in [0.2, 0.25) is 0 Å². The molecule has 3 heterocycles. The molecule has 0 saturated carbocycles. The maximum absolute atomic E-state index is 11.5. The summed E-state index contributed by atoms with van der Waals surface area (Å²) in [6.45, 7) is 7.76. The van der Waals surface area contributed by atoms with E-state index < -0.39 is 0 Å². The summed E-state index contributed by atoms with van der Waals surface area (Å²) in [7, 11) is 0. The number of fused-ring (bicyclic) bond motifs is 3.